The molecule has 1 aromatic carbocycles. The summed E-state index contributed by atoms with van der Waals surface area (Å²) in [5, 5.41) is 2.76. The highest BCUT2D eigenvalue weighted by molar-refractivity contribution is 5.91. The lowest BCUT2D eigenvalue weighted by Crippen LogP contribution is -2.37. The van der Waals surface area contributed by atoms with Crippen LogP contribution >= 0.6 is 0 Å². The van der Waals surface area contributed by atoms with Gasteiger partial charge in [-0.25, -0.2) is 4.79 Å². The Morgan fingerprint density at radius 1 is 1.35 bits per heavy atom. The van der Waals surface area contributed by atoms with E-state index in [0.717, 1.165) is 6.42 Å². The molecule has 0 fully saturated rings. The molecule has 0 saturated heterocycles. The van der Waals surface area contributed by atoms with Crippen molar-refractivity contribution < 1.29 is 9.53 Å². The fourth-order valence-electron chi connectivity index (χ4n) is 2.30. The molecule has 3 rings (SSSR count). The van der Waals surface area contributed by atoms with Crippen LogP contribution in [0.4, 0.5) is 0 Å². The third kappa shape index (κ3) is 2.65. The van der Waals surface area contributed by atoms with Gasteiger partial charge in [0.25, 0.3) is 5.91 Å². The maximum atomic E-state index is 11.8. The van der Waals surface area contributed by atoms with Gasteiger partial charge < -0.3 is 20.0 Å². The summed E-state index contributed by atoms with van der Waals surface area (Å²) >= 11 is 0. The molecule has 1 unspecified atom stereocenters. The first-order valence-corrected chi connectivity index (χ1v) is 6.46. The summed E-state index contributed by atoms with van der Waals surface area (Å²) in [5.74, 6) is -0.314. The van der Waals surface area contributed by atoms with Gasteiger partial charge in [-0.3, -0.25) is 4.79 Å². The molecule has 3 N–H and O–H groups in total. The monoisotopic (exact) mass is 273 g/mol. The van der Waals surface area contributed by atoms with Crippen LogP contribution in [-0.2, 0) is 17.8 Å². The van der Waals surface area contributed by atoms with Crippen LogP contribution in [0, 0.1) is 0 Å². The number of benzene rings is 1. The fraction of sp³-hybridized carbons (Fsp3) is 0.286. The van der Waals surface area contributed by atoms with Crippen molar-refractivity contribution in [2.45, 2.75) is 19.1 Å². The second-order valence-electron chi connectivity index (χ2n) is 4.77. The molecular weight excluding hydrogens is 258 g/mol. The predicted molar refractivity (Wildman–Crippen MR) is 72.5 cm³/mol. The number of ether oxygens (including phenoxy) is 1. The van der Waals surface area contributed by atoms with Gasteiger partial charge in [-0.15, -0.1) is 0 Å². The molecule has 0 aliphatic carbocycles. The van der Waals surface area contributed by atoms with Gasteiger partial charge >= 0.3 is 5.69 Å². The van der Waals surface area contributed by atoms with Crippen LogP contribution in [0.2, 0.25) is 0 Å². The summed E-state index contributed by atoms with van der Waals surface area (Å²) < 4.78 is 5.70. The molecule has 20 heavy (non-hydrogen) atoms. The number of imidazole rings is 1. The molecule has 1 aliphatic rings. The van der Waals surface area contributed by atoms with Gasteiger partial charge in [-0.1, -0.05) is 24.3 Å². The molecule has 2 heterocycles. The molecule has 0 radical (unpaired) electrons. The minimum Gasteiger partial charge on any atom is -0.371 e. The minimum absolute atomic E-state index is 0.0421. The number of nitrogens with one attached hydrogen (secondary N) is 3. The maximum absolute atomic E-state index is 11.8. The normalized spacial score (nSPS) is 17.5. The topological polar surface area (TPSA) is 87.0 Å². The Bertz CT molecular complexity index is 674. The molecule has 1 atom stereocenters. The van der Waals surface area contributed by atoms with Gasteiger partial charge in [0.05, 0.1) is 12.7 Å². The minimum atomic E-state index is -0.391. The van der Waals surface area contributed by atoms with Crippen LogP contribution < -0.4 is 11.0 Å². The molecule has 1 aliphatic heterocycles. The molecule has 1 aromatic heterocycles. The first-order chi connectivity index (χ1) is 9.72. The molecule has 6 nitrogen and oxygen atoms in total. The largest absolute Gasteiger partial charge is 0.371 e. The third-order valence-electron chi connectivity index (χ3n) is 3.37. The average Bonchev–Trinajstić information content (AvgIpc) is 2.91. The van der Waals surface area contributed by atoms with Crippen LogP contribution in [0.3, 0.4) is 0 Å². The number of aromatic nitrogens is 2. The van der Waals surface area contributed by atoms with Crippen molar-refractivity contribution in [3.05, 3.63) is 57.8 Å². The fourth-order valence-corrected chi connectivity index (χ4v) is 2.30. The predicted octanol–water partition coefficient (Wildman–Crippen LogP) is 0.574. The smallest absolute Gasteiger partial charge is 0.323 e. The van der Waals surface area contributed by atoms with Gasteiger partial charge in [0.15, 0.2) is 0 Å². The van der Waals surface area contributed by atoms with Crippen molar-refractivity contribution in [1.82, 2.24) is 15.3 Å². The highest BCUT2D eigenvalue weighted by atomic mass is 16.5. The summed E-state index contributed by atoms with van der Waals surface area (Å²) in [6, 6.07) is 8.13. The number of aromatic amines is 2. The molecule has 0 spiro atoms. The number of carbonyl (C=O) groups excluding carboxylic acids is 1. The van der Waals surface area contributed by atoms with E-state index in [2.05, 4.69) is 27.4 Å². The van der Waals surface area contributed by atoms with Gasteiger partial charge in [-0.2, -0.15) is 0 Å². The van der Waals surface area contributed by atoms with Gasteiger partial charge in [0, 0.05) is 19.2 Å². The lowest BCUT2D eigenvalue weighted by molar-refractivity contribution is 0.0284. The molecule has 104 valence electrons. The van der Waals surface area contributed by atoms with E-state index in [0.29, 0.717) is 13.2 Å². The second kappa shape index (κ2) is 5.34. The quantitative estimate of drug-likeness (QED) is 0.764. The van der Waals surface area contributed by atoms with Gasteiger partial charge in [0.2, 0.25) is 0 Å². The van der Waals surface area contributed by atoms with E-state index in [9.17, 15) is 9.59 Å². The number of fused-ring (bicyclic) bond motifs is 1. The number of rotatable bonds is 3. The number of H-pyrrole nitrogens is 2. The third-order valence-corrected chi connectivity index (χ3v) is 3.37. The van der Waals surface area contributed by atoms with Crippen LogP contribution in [0.1, 0.15) is 21.6 Å². The highest BCUT2D eigenvalue weighted by Crippen LogP contribution is 2.19. The van der Waals surface area contributed by atoms with Crippen LogP contribution in [0.15, 0.2) is 35.3 Å². The van der Waals surface area contributed by atoms with E-state index in [1.54, 1.807) is 0 Å². The zero-order valence-electron chi connectivity index (χ0n) is 10.8. The summed E-state index contributed by atoms with van der Waals surface area (Å²) in [5.41, 5.74) is 2.29. The van der Waals surface area contributed by atoms with Crippen LogP contribution in [-0.4, -0.2) is 28.5 Å². The van der Waals surface area contributed by atoms with Crippen molar-refractivity contribution in [3.63, 3.8) is 0 Å². The number of hydrogen-bond donors (Lipinski definition) is 3. The molecule has 2 aromatic rings. The van der Waals surface area contributed by atoms with E-state index < -0.39 is 5.69 Å². The first-order valence-electron chi connectivity index (χ1n) is 6.46. The number of carbonyl (C=O) groups is 1. The van der Waals surface area contributed by atoms with Gasteiger partial charge in [-0.05, 0) is 11.1 Å². The summed E-state index contributed by atoms with van der Waals surface area (Å²) in [6.45, 7) is 0.984. The van der Waals surface area contributed by atoms with E-state index in [1.165, 1.54) is 17.3 Å². The highest BCUT2D eigenvalue weighted by Gasteiger charge is 2.19. The van der Waals surface area contributed by atoms with Crippen LogP contribution in [0.5, 0.6) is 0 Å². The van der Waals surface area contributed by atoms with Crippen molar-refractivity contribution in [1.29, 1.82) is 0 Å². The Labute approximate surface area is 115 Å². The Morgan fingerprint density at radius 3 is 2.90 bits per heavy atom. The van der Waals surface area contributed by atoms with E-state index >= 15 is 0 Å². The Balaban J connectivity index is 1.58. The summed E-state index contributed by atoms with van der Waals surface area (Å²) in [4.78, 5) is 27.5. The maximum Gasteiger partial charge on any atom is 0.323 e. The molecule has 0 saturated carbocycles. The number of hydrogen-bond acceptors (Lipinski definition) is 3. The molecular formula is C14H15N3O3. The van der Waals surface area contributed by atoms with Crippen molar-refractivity contribution >= 4 is 5.91 Å². The van der Waals surface area contributed by atoms with E-state index in [-0.39, 0.29) is 17.7 Å². The lowest BCUT2D eigenvalue weighted by atomic mass is 9.99. The van der Waals surface area contributed by atoms with Crippen molar-refractivity contribution in [2.24, 2.45) is 0 Å². The Hall–Kier alpha value is -2.34. The zero-order valence-corrected chi connectivity index (χ0v) is 10.8. The van der Waals surface area contributed by atoms with Crippen LogP contribution in [0.25, 0.3) is 0 Å². The molecule has 6 heteroatoms. The summed E-state index contributed by atoms with van der Waals surface area (Å²) in [7, 11) is 0. The standard InChI is InChI=1S/C14H15N3O3/c18-13(12-7-16-14(19)17-12)15-6-11-5-9-3-1-2-4-10(9)8-20-11/h1-4,7,11H,5-6,8H2,(H,15,18)(H2,16,17,19). The van der Waals surface area contributed by atoms with Gasteiger partial charge in [0.1, 0.15) is 5.69 Å². The second-order valence-corrected chi connectivity index (χ2v) is 4.77. The Morgan fingerprint density at radius 2 is 2.15 bits per heavy atom. The zero-order chi connectivity index (χ0) is 13.9. The molecule has 1 amide bonds. The van der Waals surface area contributed by atoms with E-state index in [4.69, 9.17) is 4.74 Å². The number of amides is 1. The SMILES string of the molecule is O=C(NCC1Cc2ccccc2CO1)c1c[nH]c(=O)[nH]1. The Kier molecular flexibility index (Phi) is 3.39. The van der Waals surface area contributed by atoms with Crippen molar-refractivity contribution in [2.75, 3.05) is 6.54 Å². The lowest BCUT2D eigenvalue weighted by Gasteiger charge is -2.25. The summed E-state index contributed by atoms with van der Waals surface area (Å²) in [6.07, 6.45) is 2.09. The first kappa shape index (κ1) is 12.7. The molecule has 0 bridgehead atoms. The van der Waals surface area contributed by atoms with E-state index in [1.807, 2.05) is 12.1 Å². The van der Waals surface area contributed by atoms with Crippen molar-refractivity contribution in [3.8, 4) is 0 Å². The average molecular weight is 273 g/mol.